The summed E-state index contributed by atoms with van der Waals surface area (Å²) in [6.45, 7) is 1.99. The van der Waals surface area contributed by atoms with Crippen LogP contribution >= 0.6 is 22.9 Å². The maximum absolute atomic E-state index is 12.2. The van der Waals surface area contributed by atoms with Crippen molar-refractivity contribution in [2.75, 3.05) is 5.73 Å². The van der Waals surface area contributed by atoms with Crippen LogP contribution in [0.15, 0.2) is 29.8 Å². The highest BCUT2D eigenvalue weighted by molar-refractivity contribution is 7.09. The predicted molar refractivity (Wildman–Crippen MR) is 78.5 cm³/mol. The Labute approximate surface area is 120 Å². The van der Waals surface area contributed by atoms with Crippen LogP contribution < -0.4 is 11.1 Å². The predicted octanol–water partition coefficient (Wildman–Crippen LogP) is 3.26. The molecular formula is C13H14ClN3OS. The lowest BCUT2D eigenvalue weighted by Gasteiger charge is -2.15. The number of nitrogen functional groups attached to an aromatic ring is 1. The third-order valence-electron chi connectivity index (χ3n) is 2.74. The normalized spacial score (nSPS) is 12.1. The van der Waals surface area contributed by atoms with Gasteiger partial charge in [-0.1, -0.05) is 24.6 Å². The van der Waals surface area contributed by atoms with Crippen molar-refractivity contribution in [2.24, 2.45) is 0 Å². The van der Waals surface area contributed by atoms with Crippen molar-refractivity contribution in [1.29, 1.82) is 0 Å². The van der Waals surface area contributed by atoms with Crippen molar-refractivity contribution in [2.45, 2.75) is 19.4 Å². The number of halogens is 1. The molecule has 1 atom stereocenters. The second-order valence-corrected chi connectivity index (χ2v) is 5.32. The third kappa shape index (κ3) is 3.05. The van der Waals surface area contributed by atoms with Crippen molar-refractivity contribution in [3.05, 3.63) is 45.4 Å². The Morgan fingerprint density at radius 3 is 3.00 bits per heavy atom. The largest absolute Gasteiger partial charge is 0.398 e. The summed E-state index contributed by atoms with van der Waals surface area (Å²) in [5, 5.41) is 5.98. The number of rotatable bonds is 4. The van der Waals surface area contributed by atoms with E-state index in [1.54, 1.807) is 24.4 Å². The summed E-state index contributed by atoms with van der Waals surface area (Å²) in [6, 6.07) is 4.92. The molecule has 0 bridgehead atoms. The molecule has 0 fully saturated rings. The van der Waals surface area contributed by atoms with E-state index in [0.29, 0.717) is 11.3 Å². The Morgan fingerprint density at radius 2 is 2.37 bits per heavy atom. The van der Waals surface area contributed by atoms with Crippen LogP contribution in [0.3, 0.4) is 0 Å². The molecule has 0 saturated carbocycles. The van der Waals surface area contributed by atoms with Crippen molar-refractivity contribution in [3.8, 4) is 0 Å². The molecule has 2 aromatic rings. The van der Waals surface area contributed by atoms with Gasteiger partial charge in [0.15, 0.2) is 0 Å². The van der Waals surface area contributed by atoms with Crippen LogP contribution in [0.1, 0.15) is 34.8 Å². The molecule has 3 N–H and O–H groups in total. The van der Waals surface area contributed by atoms with E-state index >= 15 is 0 Å². The lowest BCUT2D eigenvalue weighted by Crippen LogP contribution is -2.28. The van der Waals surface area contributed by atoms with E-state index in [1.165, 1.54) is 11.3 Å². The fourth-order valence-corrected chi connectivity index (χ4v) is 2.69. The van der Waals surface area contributed by atoms with Gasteiger partial charge in [0.05, 0.1) is 22.3 Å². The van der Waals surface area contributed by atoms with Gasteiger partial charge in [0, 0.05) is 11.6 Å². The van der Waals surface area contributed by atoms with Crippen molar-refractivity contribution < 1.29 is 4.79 Å². The number of nitrogens with zero attached hydrogens (tertiary/aromatic N) is 1. The Kier molecular flexibility index (Phi) is 4.39. The fourth-order valence-electron chi connectivity index (χ4n) is 1.71. The van der Waals surface area contributed by atoms with Crippen LogP contribution in [0.25, 0.3) is 0 Å². The summed E-state index contributed by atoms with van der Waals surface area (Å²) in [5.41, 5.74) is 6.48. The lowest BCUT2D eigenvalue weighted by molar-refractivity contribution is 0.0935. The quantitative estimate of drug-likeness (QED) is 0.851. The van der Waals surface area contributed by atoms with E-state index in [0.717, 1.165) is 11.4 Å². The zero-order valence-corrected chi connectivity index (χ0v) is 12.0. The van der Waals surface area contributed by atoms with Gasteiger partial charge in [0.2, 0.25) is 0 Å². The first-order valence-corrected chi connectivity index (χ1v) is 7.13. The number of thiazole rings is 1. The van der Waals surface area contributed by atoms with Gasteiger partial charge < -0.3 is 11.1 Å². The second kappa shape index (κ2) is 6.04. The molecule has 6 heteroatoms. The number of carbonyl (C=O) groups is 1. The number of nitrogens with two attached hydrogens (primary N) is 1. The number of anilines is 1. The molecular weight excluding hydrogens is 282 g/mol. The molecule has 19 heavy (non-hydrogen) atoms. The number of aromatic nitrogens is 1. The minimum atomic E-state index is -0.237. The molecule has 0 aliphatic rings. The first-order valence-electron chi connectivity index (χ1n) is 5.87. The molecule has 0 aliphatic carbocycles. The average Bonchev–Trinajstić information content (AvgIpc) is 2.92. The second-order valence-electron chi connectivity index (χ2n) is 4.01. The summed E-state index contributed by atoms with van der Waals surface area (Å²) in [7, 11) is 0. The van der Waals surface area contributed by atoms with Crippen LogP contribution in [0.2, 0.25) is 5.02 Å². The van der Waals surface area contributed by atoms with Crippen LogP contribution in [-0.2, 0) is 0 Å². The number of amides is 1. The zero-order valence-electron chi connectivity index (χ0n) is 10.4. The molecule has 0 spiro atoms. The highest BCUT2D eigenvalue weighted by Crippen LogP contribution is 2.25. The van der Waals surface area contributed by atoms with E-state index in [4.69, 9.17) is 17.3 Å². The Morgan fingerprint density at radius 1 is 1.58 bits per heavy atom. The van der Waals surface area contributed by atoms with Crippen LogP contribution in [-0.4, -0.2) is 10.9 Å². The summed E-state index contributed by atoms with van der Waals surface area (Å²) in [5.74, 6) is -0.237. The first-order chi connectivity index (χ1) is 9.13. The highest BCUT2D eigenvalue weighted by Gasteiger charge is 2.18. The van der Waals surface area contributed by atoms with Crippen LogP contribution in [0.4, 0.5) is 5.69 Å². The van der Waals surface area contributed by atoms with Gasteiger partial charge in [-0.25, -0.2) is 4.98 Å². The molecule has 2 rings (SSSR count). The van der Waals surface area contributed by atoms with Gasteiger partial charge in [-0.3, -0.25) is 4.79 Å². The monoisotopic (exact) mass is 295 g/mol. The number of nitrogens with one attached hydrogen (secondary N) is 1. The van der Waals surface area contributed by atoms with Gasteiger partial charge in [-0.05, 0) is 18.6 Å². The van der Waals surface area contributed by atoms with Crippen LogP contribution in [0, 0.1) is 0 Å². The molecule has 1 aromatic carbocycles. The third-order valence-corrected chi connectivity index (χ3v) is 4.05. The van der Waals surface area contributed by atoms with Gasteiger partial charge in [-0.15, -0.1) is 11.3 Å². The molecule has 1 amide bonds. The molecule has 0 radical (unpaired) electrons. The van der Waals surface area contributed by atoms with Gasteiger partial charge in [0.25, 0.3) is 5.91 Å². The number of hydrogen-bond acceptors (Lipinski definition) is 4. The van der Waals surface area contributed by atoms with Gasteiger partial charge >= 0.3 is 0 Å². The van der Waals surface area contributed by atoms with Crippen molar-refractivity contribution >= 4 is 34.5 Å². The Bertz CT molecular complexity index is 571. The van der Waals surface area contributed by atoms with Crippen molar-refractivity contribution in [3.63, 3.8) is 0 Å². The summed E-state index contributed by atoms with van der Waals surface area (Å²) >= 11 is 7.56. The highest BCUT2D eigenvalue weighted by atomic mass is 35.5. The SMILES string of the molecule is CCC(NC(=O)c1cccc(N)c1Cl)c1nccs1. The van der Waals surface area contributed by atoms with E-state index in [1.807, 2.05) is 12.3 Å². The van der Waals surface area contributed by atoms with Crippen molar-refractivity contribution in [1.82, 2.24) is 10.3 Å². The standard InChI is InChI=1S/C13H14ClN3OS/c1-2-10(13-16-6-7-19-13)17-12(18)8-4-3-5-9(15)11(8)14/h3-7,10H,2,15H2,1H3,(H,17,18). The minimum absolute atomic E-state index is 0.106. The maximum Gasteiger partial charge on any atom is 0.253 e. The summed E-state index contributed by atoms with van der Waals surface area (Å²) < 4.78 is 0. The smallest absolute Gasteiger partial charge is 0.253 e. The molecule has 100 valence electrons. The zero-order chi connectivity index (χ0) is 13.8. The summed E-state index contributed by atoms with van der Waals surface area (Å²) in [6.07, 6.45) is 2.49. The summed E-state index contributed by atoms with van der Waals surface area (Å²) in [4.78, 5) is 16.4. The maximum atomic E-state index is 12.2. The number of benzene rings is 1. The number of hydrogen-bond donors (Lipinski definition) is 2. The van der Waals surface area contributed by atoms with E-state index in [9.17, 15) is 4.79 Å². The van der Waals surface area contributed by atoms with Crippen LogP contribution in [0.5, 0.6) is 0 Å². The molecule has 1 aromatic heterocycles. The van der Waals surface area contributed by atoms with E-state index < -0.39 is 0 Å². The Balaban J connectivity index is 2.18. The molecule has 0 aliphatic heterocycles. The van der Waals surface area contributed by atoms with Gasteiger partial charge in [0.1, 0.15) is 5.01 Å². The topological polar surface area (TPSA) is 68.0 Å². The molecule has 0 saturated heterocycles. The molecule has 1 heterocycles. The van der Waals surface area contributed by atoms with Gasteiger partial charge in [-0.2, -0.15) is 0 Å². The lowest BCUT2D eigenvalue weighted by atomic mass is 10.1. The first kappa shape index (κ1) is 13.8. The van der Waals surface area contributed by atoms with E-state index in [-0.39, 0.29) is 17.0 Å². The average molecular weight is 296 g/mol. The number of carbonyl (C=O) groups excluding carboxylic acids is 1. The minimum Gasteiger partial charge on any atom is -0.398 e. The van der Waals surface area contributed by atoms with E-state index in [2.05, 4.69) is 10.3 Å². The molecule has 4 nitrogen and oxygen atoms in total. The fraction of sp³-hybridized carbons (Fsp3) is 0.231. The Hall–Kier alpha value is -1.59. The molecule has 1 unspecified atom stereocenters.